The molecule has 0 unspecified atom stereocenters. The van der Waals surface area contributed by atoms with Crippen LogP contribution < -0.4 is 11.1 Å². The Morgan fingerprint density at radius 2 is 2.00 bits per heavy atom. The van der Waals surface area contributed by atoms with E-state index in [1.807, 2.05) is 20.8 Å². The summed E-state index contributed by atoms with van der Waals surface area (Å²) in [5.41, 5.74) is 5.32. The molecule has 4 nitrogen and oxygen atoms in total. The molecule has 1 rings (SSSR count). The van der Waals surface area contributed by atoms with E-state index in [0.29, 0.717) is 11.6 Å². The molecule has 0 fully saturated rings. The minimum Gasteiger partial charge on any atom is -0.384 e. The van der Waals surface area contributed by atoms with E-state index in [-0.39, 0.29) is 11.2 Å². The highest BCUT2D eigenvalue weighted by Gasteiger charge is 2.18. The molecule has 1 aromatic rings. The van der Waals surface area contributed by atoms with Crippen LogP contribution in [0.1, 0.15) is 26.6 Å². The number of halogens is 2. The molecule has 0 amide bonds. The zero-order valence-corrected chi connectivity index (χ0v) is 9.59. The average Bonchev–Trinajstić information content (AvgIpc) is 2.12. The molecule has 1 heterocycles. The van der Waals surface area contributed by atoms with Crippen molar-refractivity contribution in [3.05, 3.63) is 11.9 Å². The fraction of sp³-hybridized carbons (Fsp3) is 0.600. The van der Waals surface area contributed by atoms with Crippen LogP contribution in [-0.2, 0) is 5.41 Å². The number of nitrogens with two attached hydrogens (primary N) is 1. The van der Waals surface area contributed by atoms with Gasteiger partial charge in [-0.25, -0.2) is 18.7 Å². The van der Waals surface area contributed by atoms with Crippen LogP contribution in [0.4, 0.5) is 20.4 Å². The molecule has 0 bridgehead atoms. The second-order valence-corrected chi connectivity index (χ2v) is 4.52. The van der Waals surface area contributed by atoms with Gasteiger partial charge in [0.05, 0.1) is 6.54 Å². The molecule has 0 saturated heterocycles. The number of hydrogen-bond donors (Lipinski definition) is 2. The Balaban J connectivity index is 2.90. The van der Waals surface area contributed by atoms with Gasteiger partial charge in [0.25, 0.3) is 6.43 Å². The molecule has 6 heteroatoms. The van der Waals surface area contributed by atoms with Crippen molar-refractivity contribution in [3.8, 4) is 0 Å². The lowest BCUT2D eigenvalue weighted by Crippen LogP contribution is -2.19. The zero-order chi connectivity index (χ0) is 12.3. The Kier molecular flexibility index (Phi) is 3.62. The lowest BCUT2D eigenvalue weighted by Gasteiger charge is -2.18. The molecule has 0 aromatic carbocycles. The Hall–Kier alpha value is -1.46. The molecular weight excluding hydrogens is 214 g/mol. The van der Waals surface area contributed by atoms with Crippen molar-refractivity contribution in [2.75, 3.05) is 17.6 Å². The van der Waals surface area contributed by atoms with Gasteiger partial charge in [-0.1, -0.05) is 20.8 Å². The second-order valence-electron chi connectivity index (χ2n) is 4.52. The zero-order valence-electron chi connectivity index (χ0n) is 9.59. The molecule has 0 atom stereocenters. The van der Waals surface area contributed by atoms with E-state index in [2.05, 4.69) is 15.3 Å². The van der Waals surface area contributed by atoms with E-state index < -0.39 is 13.0 Å². The molecule has 90 valence electrons. The van der Waals surface area contributed by atoms with Crippen LogP contribution in [0.25, 0.3) is 0 Å². The van der Waals surface area contributed by atoms with Gasteiger partial charge in [0.2, 0.25) is 0 Å². The van der Waals surface area contributed by atoms with Crippen molar-refractivity contribution in [1.29, 1.82) is 0 Å². The average molecular weight is 230 g/mol. The number of hydrogen-bond acceptors (Lipinski definition) is 4. The first kappa shape index (κ1) is 12.6. The predicted molar refractivity (Wildman–Crippen MR) is 59.6 cm³/mol. The third-order valence-corrected chi connectivity index (χ3v) is 1.85. The Morgan fingerprint density at radius 1 is 1.38 bits per heavy atom. The van der Waals surface area contributed by atoms with Gasteiger partial charge in [0.1, 0.15) is 17.5 Å². The van der Waals surface area contributed by atoms with E-state index in [1.165, 1.54) is 6.07 Å². The lowest BCUT2D eigenvalue weighted by molar-refractivity contribution is 0.163. The summed E-state index contributed by atoms with van der Waals surface area (Å²) in [7, 11) is 0. The van der Waals surface area contributed by atoms with Crippen LogP contribution >= 0.6 is 0 Å². The molecule has 0 aliphatic rings. The topological polar surface area (TPSA) is 63.8 Å². The van der Waals surface area contributed by atoms with Gasteiger partial charge in [-0.15, -0.1) is 0 Å². The number of alkyl halides is 2. The number of aromatic nitrogens is 2. The van der Waals surface area contributed by atoms with Crippen molar-refractivity contribution >= 4 is 11.6 Å². The van der Waals surface area contributed by atoms with E-state index in [4.69, 9.17) is 5.73 Å². The van der Waals surface area contributed by atoms with Crippen LogP contribution in [0.3, 0.4) is 0 Å². The molecule has 0 aliphatic heterocycles. The smallest absolute Gasteiger partial charge is 0.255 e. The van der Waals surface area contributed by atoms with Gasteiger partial charge in [0, 0.05) is 11.5 Å². The molecule has 1 aromatic heterocycles. The molecule has 0 spiro atoms. The van der Waals surface area contributed by atoms with Gasteiger partial charge in [-0.2, -0.15) is 0 Å². The number of anilines is 2. The highest BCUT2D eigenvalue weighted by atomic mass is 19.3. The largest absolute Gasteiger partial charge is 0.384 e. The first-order valence-electron chi connectivity index (χ1n) is 4.96. The molecule has 0 radical (unpaired) electrons. The number of rotatable bonds is 3. The maximum Gasteiger partial charge on any atom is 0.255 e. The van der Waals surface area contributed by atoms with Crippen LogP contribution in [0, 0.1) is 0 Å². The summed E-state index contributed by atoms with van der Waals surface area (Å²) in [6, 6.07) is 1.44. The van der Waals surface area contributed by atoms with Crippen LogP contribution in [0.5, 0.6) is 0 Å². The summed E-state index contributed by atoms with van der Waals surface area (Å²) in [4.78, 5) is 8.21. The third kappa shape index (κ3) is 3.60. The fourth-order valence-corrected chi connectivity index (χ4v) is 1.07. The van der Waals surface area contributed by atoms with Crippen LogP contribution in [-0.4, -0.2) is 22.9 Å². The maximum absolute atomic E-state index is 12.0. The second kappa shape index (κ2) is 4.59. The van der Waals surface area contributed by atoms with Crippen molar-refractivity contribution < 1.29 is 8.78 Å². The van der Waals surface area contributed by atoms with Crippen molar-refractivity contribution in [3.63, 3.8) is 0 Å². The van der Waals surface area contributed by atoms with Gasteiger partial charge in [-0.3, -0.25) is 0 Å². The molecule has 16 heavy (non-hydrogen) atoms. The number of nitrogens with zero attached hydrogens (tertiary/aromatic N) is 2. The molecule has 0 aliphatic carbocycles. The first-order chi connectivity index (χ1) is 7.29. The van der Waals surface area contributed by atoms with Gasteiger partial charge in [0.15, 0.2) is 0 Å². The van der Waals surface area contributed by atoms with Gasteiger partial charge in [-0.05, 0) is 0 Å². The molecular formula is C10H16F2N4. The molecule has 3 N–H and O–H groups in total. The lowest BCUT2D eigenvalue weighted by atomic mass is 9.96. The predicted octanol–water partition coefficient (Wildman–Crippen LogP) is 2.03. The molecule has 0 saturated carbocycles. The normalized spacial score (nSPS) is 11.9. The Morgan fingerprint density at radius 3 is 2.50 bits per heavy atom. The van der Waals surface area contributed by atoms with E-state index in [1.54, 1.807) is 0 Å². The maximum atomic E-state index is 12.0. The third-order valence-electron chi connectivity index (χ3n) is 1.85. The van der Waals surface area contributed by atoms with Crippen molar-refractivity contribution in [1.82, 2.24) is 9.97 Å². The summed E-state index contributed by atoms with van der Waals surface area (Å²) < 4.78 is 24.0. The summed E-state index contributed by atoms with van der Waals surface area (Å²) >= 11 is 0. The van der Waals surface area contributed by atoms with E-state index in [0.717, 1.165) is 0 Å². The van der Waals surface area contributed by atoms with E-state index in [9.17, 15) is 8.78 Å². The first-order valence-corrected chi connectivity index (χ1v) is 4.96. The van der Waals surface area contributed by atoms with Crippen molar-refractivity contribution in [2.24, 2.45) is 0 Å². The fourth-order valence-electron chi connectivity index (χ4n) is 1.07. The summed E-state index contributed by atoms with van der Waals surface area (Å²) in [5.74, 6) is 1.14. The van der Waals surface area contributed by atoms with Gasteiger partial charge >= 0.3 is 0 Å². The summed E-state index contributed by atoms with van der Waals surface area (Å²) in [6.07, 6.45) is -2.42. The highest BCUT2D eigenvalue weighted by molar-refractivity contribution is 5.45. The standard InChI is InChI=1S/C10H16F2N4/c1-10(2,3)9-15-7(13)4-8(16-9)14-5-6(11)12/h4,6H,5H2,1-3H3,(H3,13,14,15,16). The van der Waals surface area contributed by atoms with Crippen LogP contribution in [0.2, 0.25) is 0 Å². The Labute approximate surface area is 93.3 Å². The number of nitrogens with one attached hydrogen (secondary N) is 1. The Bertz CT molecular complexity index is 360. The summed E-state index contributed by atoms with van der Waals surface area (Å²) in [6.45, 7) is 5.34. The van der Waals surface area contributed by atoms with Gasteiger partial charge < -0.3 is 11.1 Å². The monoisotopic (exact) mass is 230 g/mol. The summed E-state index contributed by atoms with van der Waals surface area (Å²) in [5, 5.41) is 2.52. The SMILES string of the molecule is CC(C)(C)c1nc(N)cc(NCC(F)F)n1. The van der Waals surface area contributed by atoms with Crippen molar-refractivity contribution in [2.45, 2.75) is 32.6 Å². The minimum absolute atomic E-state index is 0.267. The number of nitrogen functional groups attached to an aromatic ring is 1. The van der Waals surface area contributed by atoms with Crippen LogP contribution in [0.15, 0.2) is 6.07 Å². The highest BCUT2D eigenvalue weighted by Crippen LogP contribution is 2.21. The quantitative estimate of drug-likeness (QED) is 0.834. The minimum atomic E-state index is -2.42. The van der Waals surface area contributed by atoms with E-state index >= 15 is 0 Å².